The van der Waals surface area contributed by atoms with Crippen molar-refractivity contribution < 1.29 is 29.0 Å². The first kappa shape index (κ1) is 18.9. The average Bonchev–Trinajstić information content (AvgIpc) is 3.11. The average molecular weight is 392 g/mol. The summed E-state index contributed by atoms with van der Waals surface area (Å²) < 4.78 is 11.0. The third kappa shape index (κ3) is 2.16. The second-order valence-electron chi connectivity index (χ2n) is 7.97. The molecule has 0 spiro atoms. The van der Waals surface area contributed by atoms with Gasteiger partial charge in [0.05, 0.1) is 35.5 Å². The van der Waals surface area contributed by atoms with Crippen molar-refractivity contribution in [2.75, 3.05) is 13.7 Å². The Morgan fingerprint density at radius 1 is 1.32 bits per heavy atom. The van der Waals surface area contributed by atoms with Crippen LogP contribution in [0.4, 0.5) is 4.79 Å². The minimum Gasteiger partial charge on any atom is -0.449 e. The lowest BCUT2D eigenvalue weighted by atomic mass is 9.82. The second kappa shape index (κ2) is 5.79. The standard InChI is InChI=1S/C18H24N4O6/c1-6(2)28-16-12-15(21(12)4)18(26)8(5-27-17(20)25)9-11(22(16)18)13(23)7(3)10(19)14(9)24/h6,8,12,15-16,26H,5,19H2,1-4H3,(H2,20,25)/t8-,12+,15-,16-,18+,21?/m0/s1. The van der Waals surface area contributed by atoms with E-state index >= 15 is 0 Å². The molecule has 152 valence electrons. The van der Waals surface area contributed by atoms with Crippen LogP contribution in [0.2, 0.25) is 0 Å². The number of Topliss-reactive ketones (excluding diaryl/α,β-unsaturated/α-hetero) is 2. The van der Waals surface area contributed by atoms with Crippen molar-refractivity contribution in [3.63, 3.8) is 0 Å². The predicted octanol–water partition coefficient (Wildman–Crippen LogP) is -1.21. The van der Waals surface area contributed by atoms with Crippen LogP contribution in [0, 0.1) is 5.92 Å². The van der Waals surface area contributed by atoms with Gasteiger partial charge in [-0.05, 0) is 27.8 Å². The number of rotatable bonds is 4. The van der Waals surface area contributed by atoms with Crippen molar-refractivity contribution in [3.8, 4) is 0 Å². The summed E-state index contributed by atoms with van der Waals surface area (Å²) in [7, 11) is 1.83. The molecule has 3 aliphatic heterocycles. The highest BCUT2D eigenvalue weighted by atomic mass is 16.5. The van der Waals surface area contributed by atoms with Gasteiger partial charge in [0, 0.05) is 11.1 Å². The molecule has 0 aromatic carbocycles. The molecule has 4 aliphatic rings. The third-order valence-electron chi connectivity index (χ3n) is 6.12. The van der Waals surface area contributed by atoms with Gasteiger partial charge in [0.1, 0.15) is 12.8 Å². The lowest BCUT2D eigenvalue weighted by molar-refractivity contribution is -0.182. The van der Waals surface area contributed by atoms with Crippen molar-refractivity contribution in [2.24, 2.45) is 17.4 Å². The van der Waals surface area contributed by atoms with Crippen LogP contribution in [-0.4, -0.2) is 76.4 Å². The molecular weight excluding hydrogens is 368 g/mol. The van der Waals surface area contributed by atoms with Gasteiger partial charge in [-0.25, -0.2) is 4.79 Å². The number of ketones is 2. The molecule has 0 saturated carbocycles. The number of aliphatic hydroxyl groups is 1. The molecule has 1 aliphatic carbocycles. The summed E-state index contributed by atoms with van der Waals surface area (Å²) in [6.07, 6.45) is -1.84. The summed E-state index contributed by atoms with van der Waals surface area (Å²) in [4.78, 5) is 40.6. The summed E-state index contributed by atoms with van der Waals surface area (Å²) in [6, 6.07) is -0.561. The first-order valence-corrected chi connectivity index (χ1v) is 9.14. The number of carbonyl (C=O) groups excluding carboxylic acids is 3. The van der Waals surface area contributed by atoms with Crippen LogP contribution in [0.25, 0.3) is 0 Å². The van der Waals surface area contributed by atoms with Crippen LogP contribution in [0.5, 0.6) is 0 Å². The Morgan fingerprint density at radius 3 is 2.54 bits per heavy atom. The van der Waals surface area contributed by atoms with E-state index in [9.17, 15) is 19.5 Å². The van der Waals surface area contributed by atoms with Gasteiger partial charge in [-0.15, -0.1) is 0 Å². The van der Waals surface area contributed by atoms with E-state index in [1.807, 2.05) is 25.8 Å². The summed E-state index contributed by atoms with van der Waals surface area (Å²) in [5.74, 6) is -1.96. The Bertz CT molecular complexity index is 864. The Hall–Kier alpha value is -2.43. The van der Waals surface area contributed by atoms with E-state index in [1.165, 1.54) is 11.8 Å². The Labute approximate surface area is 161 Å². The maximum Gasteiger partial charge on any atom is 0.404 e. The van der Waals surface area contributed by atoms with Crippen LogP contribution >= 0.6 is 0 Å². The first-order valence-electron chi connectivity index (χ1n) is 9.14. The van der Waals surface area contributed by atoms with Crippen LogP contribution < -0.4 is 11.5 Å². The van der Waals surface area contributed by atoms with E-state index in [-0.39, 0.29) is 41.3 Å². The maximum absolute atomic E-state index is 13.1. The highest BCUT2D eigenvalue weighted by Crippen LogP contribution is 2.60. The van der Waals surface area contributed by atoms with Gasteiger partial charge in [-0.2, -0.15) is 0 Å². The quantitative estimate of drug-likeness (QED) is 0.396. The number of allylic oxidation sites excluding steroid dienone is 2. The zero-order valence-corrected chi connectivity index (χ0v) is 16.1. The van der Waals surface area contributed by atoms with Crippen LogP contribution in [0.3, 0.4) is 0 Å². The molecule has 28 heavy (non-hydrogen) atoms. The Kier molecular flexibility index (Phi) is 3.91. The lowest BCUT2D eigenvalue weighted by Gasteiger charge is -2.41. The van der Waals surface area contributed by atoms with Crippen molar-refractivity contribution in [1.29, 1.82) is 0 Å². The molecule has 2 saturated heterocycles. The van der Waals surface area contributed by atoms with E-state index in [0.29, 0.717) is 0 Å². The molecule has 4 rings (SSSR count). The molecule has 0 bridgehead atoms. The van der Waals surface area contributed by atoms with Gasteiger partial charge < -0.3 is 30.9 Å². The molecule has 5 N–H and O–H groups in total. The molecule has 10 heteroatoms. The molecule has 1 amide bonds. The molecule has 3 heterocycles. The normalized spacial score (nSPS) is 38.8. The topological polar surface area (TPSA) is 148 Å². The summed E-state index contributed by atoms with van der Waals surface area (Å²) in [5, 5.41) is 11.8. The van der Waals surface area contributed by atoms with Gasteiger partial charge >= 0.3 is 6.09 Å². The van der Waals surface area contributed by atoms with Crippen molar-refractivity contribution in [2.45, 2.75) is 50.9 Å². The van der Waals surface area contributed by atoms with E-state index in [1.54, 1.807) is 0 Å². The highest BCUT2D eigenvalue weighted by molar-refractivity contribution is 6.25. The molecule has 0 aromatic rings. The van der Waals surface area contributed by atoms with Crippen LogP contribution in [0.15, 0.2) is 22.5 Å². The Balaban J connectivity index is 1.86. The second-order valence-corrected chi connectivity index (χ2v) is 7.97. The fourth-order valence-electron chi connectivity index (χ4n) is 4.86. The predicted molar refractivity (Wildman–Crippen MR) is 95.1 cm³/mol. The molecule has 1 unspecified atom stereocenters. The van der Waals surface area contributed by atoms with Crippen molar-refractivity contribution in [3.05, 3.63) is 22.5 Å². The number of primary amides is 1. The lowest BCUT2D eigenvalue weighted by Crippen LogP contribution is -2.57. The van der Waals surface area contributed by atoms with E-state index < -0.39 is 41.6 Å². The minimum atomic E-state index is -1.66. The molecule has 10 nitrogen and oxygen atoms in total. The zero-order valence-electron chi connectivity index (χ0n) is 16.1. The zero-order chi connectivity index (χ0) is 20.7. The number of nitrogens with two attached hydrogens (primary N) is 2. The summed E-state index contributed by atoms with van der Waals surface area (Å²) in [5.41, 5.74) is 9.39. The number of ether oxygens (including phenoxy) is 2. The minimum absolute atomic E-state index is 0.0490. The number of hydrogen-bond donors (Lipinski definition) is 3. The number of fused-ring (bicyclic) bond motifs is 4. The van der Waals surface area contributed by atoms with Gasteiger partial charge in [0.15, 0.2) is 5.72 Å². The first-order chi connectivity index (χ1) is 13.0. The summed E-state index contributed by atoms with van der Waals surface area (Å²) in [6.45, 7) is 4.83. The van der Waals surface area contributed by atoms with Crippen molar-refractivity contribution >= 4 is 17.7 Å². The van der Waals surface area contributed by atoms with Crippen molar-refractivity contribution in [1.82, 2.24) is 9.80 Å². The third-order valence-corrected chi connectivity index (χ3v) is 6.12. The summed E-state index contributed by atoms with van der Waals surface area (Å²) >= 11 is 0. The smallest absolute Gasteiger partial charge is 0.404 e. The van der Waals surface area contributed by atoms with E-state index in [4.69, 9.17) is 20.9 Å². The fraction of sp³-hybridized carbons (Fsp3) is 0.611. The molecule has 0 aromatic heterocycles. The van der Waals surface area contributed by atoms with Gasteiger partial charge in [-0.3, -0.25) is 14.5 Å². The van der Waals surface area contributed by atoms with Crippen LogP contribution in [-0.2, 0) is 19.1 Å². The number of piperazine rings is 1. The van der Waals surface area contributed by atoms with Gasteiger partial charge in [0.25, 0.3) is 0 Å². The number of hydrogen-bond acceptors (Lipinski definition) is 9. The largest absolute Gasteiger partial charge is 0.449 e. The van der Waals surface area contributed by atoms with Crippen LogP contribution in [0.1, 0.15) is 20.8 Å². The molecular formula is C18H24N4O6. The van der Waals surface area contributed by atoms with E-state index in [2.05, 4.69) is 0 Å². The monoisotopic (exact) mass is 392 g/mol. The Morgan fingerprint density at radius 2 is 1.96 bits per heavy atom. The van der Waals surface area contributed by atoms with Gasteiger partial charge in [-0.1, -0.05) is 0 Å². The van der Waals surface area contributed by atoms with Gasteiger partial charge in [0.2, 0.25) is 11.6 Å². The number of carbonyl (C=O) groups is 3. The highest BCUT2D eigenvalue weighted by Gasteiger charge is 2.78. The fourth-order valence-corrected chi connectivity index (χ4v) is 4.86. The van der Waals surface area contributed by atoms with E-state index in [0.717, 1.165) is 0 Å². The molecule has 2 fully saturated rings. The number of likely N-dealkylation sites (N-methyl/N-ethyl adjacent to an activating group) is 1. The maximum atomic E-state index is 13.1. The number of nitrogens with zero attached hydrogens (tertiary/aromatic N) is 2. The molecule has 6 atom stereocenters. The number of amides is 1. The SMILES string of the molecule is CC1=C(N)C(=O)C2=C(C1=O)N1[C@@H](OC(C)C)[C@H]3[C@H](N3C)[C@]1(O)[C@H]2COC(N)=O. The molecule has 0 radical (unpaired) electrons.